The summed E-state index contributed by atoms with van der Waals surface area (Å²) >= 11 is 0. The van der Waals surface area contributed by atoms with Gasteiger partial charge < -0.3 is 13.4 Å². The number of aromatic nitrogens is 2. The molecule has 0 bridgehead atoms. The van der Waals surface area contributed by atoms with Crippen LogP contribution in [0.2, 0.25) is 0 Å². The van der Waals surface area contributed by atoms with Crippen molar-refractivity contribution in [2.24, 2.45) is 0 Å². The standard InChI is InChI=1S/C16H12N2O3/c1-9-5-6-12-11(8-9)10(2)14(20-12)15-17-16(21-18-15)13-4-3-7-19-13/h3-8H,1-2H3. The summed E-state index contributed by atoms with van der Waals surface area (Å²) in [4.78, 5) is 4.34. The van der Waals surface area contributed by atoms with E-state index in [1.54, 1.807) is 18.4 Å². The lowest BCUT2D eigenvalue weighted by atomic mass is 10.1. The lowest BCUT2D eigenvalue weighted by Crippen LogP contribution is -1.80. The van der Waals surface area contributed by atoms with Gasteiger partial charge in [0, 0.05) is 10.9 Å². The van der Waals surface area contributed by atoms with Crippen LogP contribution < -0.4 is 0 Å². The fourth-order valence-electron chi connectivity index (χ4n) is 2.36. The Bertz CT molecular complexity index is 916. The van der Waals surface area contributed by atoms with E-state index < -0.39 is 0 Å². The average molecular weight is 280 g/mol. The van der Waals surface area contributed by atoms with E-state index in [0.717, 1.165) is 16.5 Å². The van der Waals surface area contributed by atoms with Crippen molar-refractivity contribution in [3.63, 3.8) is 0 Å². The zero-order valence-corrected chi connectivity index (χ0v) is 11.6. The summed E-state index contributed by atoms with van der Waals surface area (Å²) in [7, 11) is 0. The number of aryl methyl sites for hydroxylation is 2. The lowest BCUT2D eigenvalue weighted by Gasteiger charge is -1.91. The van der Waals surface area contributed by atoms with Gasteiger partial charge in [-0.3, -0.25) is 0 Å². The lowest BCUT2D eigenvalue weighted by molar-refractivity contribution is 0.415. The van der Waals surface area contributed by atoms with E-state index in [-0.39, 0.29) is 0 Å². The minimum absolute atomic E-state index is 0.339. The Kier molecular flexibility index (Phi) is 2.47. The molecule has 0 radical (unpaired) electrons. The largest absolute Gasteiger partial charge is 0.459 e. The van der Waals surface area contributed by atoms with Crippen LogP contribution in [0.1, 0.15) is 11.1 Å². The Hall–Kier alpha value is -2.82. The highest BCUT2D eigenvalue weighted by Gasteiger charge is 2.19. The normalized spacial score (nSPS) is 11.3. The van der Waals surface area contributed by atoms with Crippen LogP contribution in [0, 0.1) is 13.8 Å². The summed E-state index contributed by atoms with van der Waals surface area (Å²) in [6.07, 6.45) is 1.56. The van der Waals surface area contributed by atoms with Crippen LogP contribution in [-0.2, 0) is 0 Å². The molecule has 5 heteroatoms. The molecule has 5 nitrogen and oxygen atoms in total. The van der Waals surface area contributed by atoms with Crippen molar-refractivity contribution in [3.05, 3.63) is 47.7 Å². The van der Waals surface area contributed by atoms with E-state index in [4.69, 9.17) is 13.4 Å². The Morgan fingerprint density at radius 2 is 2.00 bits per heavy atom. The van der Waals surface area contributed by atoms with Crippen molar-refractivity contribution in [3.8, 4) is 23.2 Å². The topological polar surface area (TPSA) is 65.2 Å². The minimum Gasteiger partial charge on any atom is -0.459 e. The van der Waals surface area contributed by atoms with E-state index >= 15 is 0 Å². The maximum atomic E-state index is 5.85. The summed E-state index contributed by atoms with van der Waals surface area (Å²) in [5.74, 6) is 1.93. The van der Waals surface area contributed by atoms with Crippen LogP contribution in [0.25, 0.3) is 34.2 Å². The monoisotopic (exact) mass is 280 g/mol. The van der Waals surface area contributed by atoms with Gasteiger partial charge in [0.25, 0.3) is 5.89 Å². The summed E-state index contributed by atoms with van der Waals surface area (Å²) in [6, 6.07) is 9.60. The smallest absolute Gasteiger partial charge is 0.294 e. The summed E-state index contributed by atoms with van der Waals surface area (Å²) in [5.41, 5.74) is 3.00. The first-order valence-corrected chi connectivity index (χ1v) is 6.60. The molecule has 0 aliphatic heterocycles. The van der Waals surface area contributed by atoms with Crippen molar-refractivity contribution in [1.29, 1.82) is 0 Å². The SMILES string of the molecule is Cc1ccc2oc(-c3noc(-c4ccco4)n3)c(C)c2c1. The first-order chi connectivity index (χ1) is 10.2. The Labute approximate surface area is 120 Å². The Balaban J connectivity index is 1.85. The van der Waals surface area contributed by atoms with Gasteiger partial charge in [-0.25, -0.2) is 0 Å². The van der Waals surface area contributed by atoms with Crippen molar-refractivity contribution >= 4 is 11.0 Å². The van der Waals surface area contributed by atoms with Crippen molar-refractivity contribution < 1.29 is 13.4 Å². The van der Waals surface area contributed by atoms with Crippen LogP contribution in [-0.4, -0.2) is 10.1 Å². The van der Waals surface area contributed by atoms with Gasteiger partial charge in [0.05, 0.1) is 6.26 Å². The molecule has 21 heavy (non-hydrogen) atoms. The van der Waals surface area contributed by atoms with Gasteiger partial charge in [0.2, 0.25) is 5.82 Å². The second-order valence-electron chi connectivity index (χ2n) is 4.96. The Morgan fingerprint density at radius 3 is 2.81 bits per heavy atom. The first kappa shape index (κ1) is 12.0. The highest BCUT2D eigenvalue weighted by atomic mass is 16.5. The fourth-order valence-corrected chi connectivity index (χ4v) is 2.36. The molecule has 1 aromatic carbocycles. The van der Waals surface area contributed by atoms with Gasteiger partial charge >= 0.3 is 0 Å². The van der Waals surface area contributed by atoms with E-state index in [1.165, 1.54) is 5.56 Å². The quantitative estimate of drug-likeness (QED) is 0.545. The third-order valence-electron chi connectivity index (χ3n) is 3.45. The van der Waals surface area contributed by atoms with Gasteiger partial charge in [-0.05, 0) is 38.1 Å². The van der Waals surface area contributed by atoms with Crippen molar-refractivity contribution in [1.82, 2.24) is 10.1 Å². The number of nitrogens with zero attached hydrogens (tertiary/aromatic N) is 2. The molecule has 0 N–H and O–H groups in total. The number of furan rings is 2. The number of hydrogen-bond acceptors (Lipinski definition) is 5. The van der Waals surface area contributed by atoms with Crippen LogP contribution in [0.15, 0.2) is 50.0 Å². The molecule has 104 valence electrons. The highest BCUT2D eigenvalue weighted by molar-refractivity contribution is 5.87. The second kappa shape index (κ2) is 4.34. The van der Waals surface area contributed by atoms with Crippen LogP contribution in [0.3, 0.4) is 0 Å². The van der Waals surface area contributed by atoms with E-state index in [1.807, 2.05) is 19.1 Å². The molecule has 0 atom stereocenters. The molecular weight excluding hydrogens is 268 g/mol. The molecule has 4 aromatic rings. The zero-order valence-electron chi connectivity index (χ0n) is 11.6. The molecule has 4 rings (SSSR count). The number of hydrogen-bond donors (Lipinski definition) is 0. The zero-order chi connectivity index (χ0) is 14.4. The molecule has 0 aliphatic carbocycles. The predicted octanol–water partition coefficient (Wildman–Crippen LogP) is 4.36. The highest BCUT2D eigenvalue weighted by Crippen LogP contribution is 2.33. The molecule has 0 unspecified atom stereocenters. The molecule has 0 amide bonds. The van der Waals surface area contributed by atoms with Gasteiger partial charge in [-0.1, -0.05) is 16.8 Å². The van der Waals surface area contributed by atoms with Gasteiger partial charge in [-0.2, -0.15) is 4.98 Å². The number of fused-ring (bicyclic) bond motifs is 1. The van der Waals surface area contributed by atoms with Gasteiger partial charge in [-0.15, -0.1) is 0 Å². The molecule has 0 fully saturated rings. The minimum atomic E-state index is 0.339. The van der Waals surface area contributed by atoms with Crippen LogP contribution in [0.5, 0.6) is 0 Å². The van der Waals surface area contributed by atoms with Crippen molar-refractivity contribution in [2.75, 3.05) is 0 Å². The summed E-state index contributed by atoms with van der Waals surface area (Å²) < 4.78 is 16.3. The molecular formula is C16H12N2O3. The number of rotatable bonds is 2. The molecule has 3 heterocycles. The fraction of sp³-hybridized carbons (Fsp3) is 0.125. The maximum absolute atomic E-state index is 5.85. The van der Waals surface area contributed by atoms with E-state index in [2.05, 4.69) is 23.1 Å². The summed E-state index contributed by atoms with van der Waals surface area (Å²) in [6.45, 7) is 4.04. The second-order valence-corrected chi connectivity index (χ2v) is 4.96. The van der Waals surface area contributed by atoms with E-state index in [9.17, 15) is 0 Å². The molecule has 0 saturated heterocycles. The predicted molar refractivity (Wildman–Crippen MR) is 76.7 cm³/mol. The van der Waals surface area contributed by atoms with Crippen LogP contribution in [0.4, 0.5) is 0 Å². The molecule has 0 spiro atoms. The van der Waals surface area contributed by atoms with Crippen molar-refractivity contribution in [2.45, 2.75) is 13.8 Å². The van der Waals surface area contributed by atoms with Gasteiger partial charge in [0.1, 0.15) is 5.58 Å². The molecule has 0 saturated carbocycles. The molecule has 3 aromatic heterocycles. The maximum Gasteiger partial charge on any atom is 0.294 e. The van der Waals surface area contributed by atoms with Crippen LogP contribution >= 0.6 is 0 Å². The summed E-state index contributed by atoms with van der Waals surface area (Å²) in [5, 5.41) is 5.05. The Morgan fingerprint density at radius 1 is 1.10 bits per heavy atom. The number of benzene rings is 1. The first-order valence-electron chi connectivity index (χ1n) is 6.60. The van der Waals surface area contributed by atoms with Gasteiger partial charge in [0.15, 0.2) is 11.5 Å². The van der Waals surface area contributed by atoms with E-state index in [0.29, 0.717) is 23.2 Å². The average Bonchev–Trinajstić information content (AvgIpc) is 3.18. The third-order valence-corrected chi connectivity index (χ3v) is 3.45. The third kappa shape index (κ3) is 1.86. The molecule has 0 aliphatic rings.